The molecule has 1 unspecified atom stereocenters. The summed E-state index contributed by atoms with van der Waals surface area (Å²) in [6.45, 7) is 2.28. The van der Waals surface area contributed by atoms with Gasteiger partial charge in [0, 0.05) is 10.9 Å². The second-order valence-electron chi connectivity index (χ2n) is 9.56. The normalized spacial score (nSPS) is 16.6. The minimum Gasteiger partial charge on any atom is -0.497 e. The molecule has 2 aromatic carbocycles. The van der Waals surface area contributed by atoms with Crippen molar-refractivity contribution in [3.05, 3.63) is 71.7 Å². The minimum absolute atomic E-state index is 0.0470. The number of halogens is 2. The van der Waals surface area contributed by atoms with Crippen LogP contribution in [0.15, 0.2) is 54.7 Å². The lowest BCUT2D eigenvalue weighted by Crippen LogP contribution is -2.48. The maximum Gasteiger partial charge on any atom is 0.249 e. The van der Waals surface area contributed by atoms with Crippen LogP contribution in [0.2, 0.25) is 0 Å². The zero-order valence-electron chi connectivity index (χ0n) is 20.6. The highest BCUT2D eigenvalue weighted by Gasteiger charge is 2.41. The number of hydroxylamine groups is 1. The van der Waals surface area contributed by atoms with Gasteiger partial charge in [0.15, 0.2) is 0 Å². The minimum atomic E-state index is -1.63. The summed E-state index contributed by atoms with van der Waals surface area (Å²) in [4.78, 5) is 19.1. The van der Waals surface area contributed by atoms with E-state index >= 15 is 4.39 Å². The SMILES string of the molecule is COc1ccc2ncc(F)c(C(F)CCC3(C(=O)NO)CCN(CCCc4ccccc4)CC3)c2c1. The molecule has 0 bridgehead atoms. The first kappa shape index (κ1) is 26.0. The Hall–Kier alpha value is -3.10. The molecule has 1 aliphatic heterocycles. The summed E-state index contributed by atoms with van der Waals surface area (Å²) in [5.74, 6) is -0.739. The number of carbonyl (C=O) groups excluding carboxylic acids is 1. The quantitative estimate of drug-likeness (QED) is 0.290. The molecule has 0 spiro atoms. The number of benzene rings is 2. The molecule has 192 valence electrons. The fourth-order valence-corrected chi connectivity index (χ4v) is 5.23. The second kappa shape index (κ2) is 11.8. The summed E-state index contributed by atoms with van der Waals surface area (Å²) in [5, 5.41) is 9.78. The number of amides is 1. The van der Waals surface area contributed by atoms with Gasteiger partial charge in [0.2, 0.25) is 5.91 Å². The molecule has 4 rings (SSSR count). The molecule has 1 saturated heterocycles. The molecule has 1 aliphatic rings. The second-order valence-corrected chi connectivity index (χ2v) is 9.56. The molecule has 2 heterocycles. The van der Waals surface area contributed by atoms with E-state index in [-0.39, 0.29) is 18.4 Å². The third-order valence-electron chi connectivity index (χ3n) is 7.44. The van der Waals surface area contributed by atoms with E-state index in [0.717, 1.165) is 25.6 Å². The molecule has 8 heteroatoms. The van der Waals surface area contributed by atoms with Crippen molar-refractivity contribution in [1.29, 1.82) is 0 Å². The number of aryl methyl sites for hydroxylation is 1. The van der Waals surface area contributed by atoms with E-state index in [1.54, 1.807) is 23.7 Å². The van der Waals surface area contributed by atoms with Crippen LogP contribution in [0.4, 0.5) is 8.78 Å². The topological polar surface area (TPSA) is 74.7 Å². The smallest absolute Gasteiger partial charge is 0.249 e. The lowest BCUT2D eigenvalue weighted by atomic mass is 9.73. The zero-order chi connectivity index (χ0) is 25.5. The predicted octanol–water partition coefficient (Wildman–Crippen LogP) is 5.39. The third-order valence-corrected chi connectivity index (χ3v) is 7.44. The van der Waals surface area contributed by atoms with E-state index in [0.29, 0.717) is 42.6 Å². The summed E-state index contributed by atoms with van der Waals surface area (Å²) in [6.07, 6.45) is 2.55. The van der Waals surface area contributed by atoms with Gasteiger partial charge in [-0.3, -0.25) is 15.0 Å². The molecule has 0 radical (unpaired) electrons. The number of methoxy groups -OCH3 is 1. The Labute approximate surface area is 210 Å². The van der Waals surface area contributed by atoms with Crippen LogP contribution in [0.1, 0.15) is 49.4 Å². The molecular formula is C28H33F2N3O3. The molecular weight excluding hydrogens is 464 g/mol. The van der Waals surface area contributed by atoms with Crippen LogP contribution < -0.4 is 10.2 Å². The van der Waals surface area contributed by atoms with E-state index in [1.165, 1.54) is 12.7 Å². The first-order valence-corrected chi connectivity index (χ1v) is 12.4. The Bertz CT molecular complexity index is 1170. The Balaban J connectivity index is 1.40. The molecule has 1 fully saturated rings. The highest BCUT2D eigenvalue weighted by molar-refractivity contribution is 5.84. The van der Waals surface area contributed by atoms with Gasteiger partial charge in [-0.15, -0.1) is 0 Å². The number of aromatic nitrogens is 1. The highest BCUT2D eigenvalue weighted by atomic mass is 19.1. The number of piperidine rings is 1. The lowest BCUT2D eigenvalue weighted by Gasteiger charge is -2.40. The number of hydrogen-bond donors (Lipinski definition) is 2. The Morgan fingerprint density at radius 2 is 1.97 bits per heavy atom. The van der Waals surface area contributed by atoms with Crippen molar-refractivity contribution in [2.45, 2.75) is 44.7 Å². The number of ether oxygens (including phenoxy) is 1. The average molecular weight is 498 g/mol. The van der Waals surface area contributed by atoms with Crippen LogP contribution in [-0.4, -0.2) is 47.7 Å². The van der Waals surface area contributed by atoms with Crippen LogP contribution in [0.25, 0.3) is 10.9 Å². The number of alkyl halides is 1. The van der Waals surface area contributed by atoms with Gasteiger partial charge in [-0.05, 0) is 81.9 Å². The maximum atomic E-state index is 15.5. The van der Waals surface area contributed by atoms with Crippen molar-refractivity contribution in [3.8, 4) is 5.75 Å². The largest absolute Gasteiger partial charge is 0.497 e. The summed E-state index contributed by atoms with van der Waals surface area (Å²) >= 11 is 0. The first-order valence-electron chi connectivity index (χ1n) is 12.4. The van der Waals surface area contributed by atoms with E-state index in [9.17, 15) is 14.4 Å². The third kappa shape index (κ3) is 5.82. The summed E-state index contributed by atoms with van der Waals surface area (Å²) < 4.78 is 35.5. The summed E-state index contributed by atoms with van der Waals surface area (Å²) in [5.41, 5.74) is 2.60. The standard InChI is InChI=1S/C28H33F2N3O3/c1-36-21-9-10-25-22(18-21)26(24(30)19-31-25)23(29)11-12-28(27(34)32-35)13-16-33(17-14-28)15-5-8-20-6-3-2-4-7-20/h2-4,6-7,9-10,18-19,23,35H,5,8,11-17H2,1H3,(H,32,34). The zero-order valence-corrected chi connectivity index (χ0v) is 20.6. The van der Waals surface area contributed by atoms with Crippen LogP contribution in [0.5, 0.6) is 5.75 Å². The summed E-state index contributed by atoms with van der Waals surface area (Å²) in [7, 11) is 1.49. The Morgan fingerprint density at radius 1 is 1.22 bits per heavy atom. The predicted molar refractivity (Wildman–Crippen MR) is 134 cm³/mol. The average Bonchev–Trinajstić information content (AvgIpc) is 2.92. The van der Waals surface area contributed by atoms with Crippen LogP contribution in [0, 0.1) is 11.2 Å². The molecule has 1 atom stereocenters. The van der Waals surface area contributed by atoms with Crippen molar-refractivity contribution >= 4 is 16.8 Å². The fourth-order valence-electron chi connectivity index (χ4n) is 5.23. The molecule has 2 N–H and O–H groups in total. The van der Waals surface area contributed by atoms with Gasteiger partial charge in [-0.2, -0.15) is 0 Å². The van der Waals surface area contributed by atoms with Crippen molar-refractivity contribution in [3.63, 3.8) is 0 Å². The van der Waals surface area contributed by atoms with E-state index in [4.69, 9.17) is 4.74 Å². The van der Waals surface area contributed by atoms with Crippen LogP contribution >= 0.6 is 0 Å². The van der Waals surface area contributed by atoms with Crippen LogP contribution in [0.3, 0.4) is 0 Å². The fraction of sp³-hybridized carbons (Fsp3) is 0.429. The number of carbonyl (C=O) groups is 1. The first-order chi connectivity index (χ1) is 17.5. The van der Waals surface area contributed by atoms with E-state index in [1.807, 2.05) is 18.2 Å². The molecule has 0 aliphatic carbocycles. The molecule has 36 heavy (non-hydrogen) atoms. The maximum absolute atomic E-state index is 15.5. The number of nitrogens with zero attached hydrogens (tertiary/aromatic N) is 2. The molecule has 1 aromatic heterocycles. The van der Waals surface area contributed by atoms with Gasteiger partial charge in [0.1, 0.15) is 17.7 Å². The number of rotatable bonds is 10. The number of fused-ring (bicyclic) bond motifs is 1. The van der Waals surface area contributed by atoms with Gasteiger partial charge in [-0.1, -0.05) is 30.3 Å². The van der Waals surface area contributed by atoms with Gasteiger partial charge < -0.3 is 9.64 Å². The number of likely N-dealkylation sites (tertiary alicyclic amines) is 1. The Kier molecular flexibility index (Phi) is 8.48. The van der Waals surface area contributed by atoms with Gasteiger partial charge in [0.05, 0.1) is 24.2 Å². The van der Waals surface area contributed by atoms with Gasteiger partial charge in [0.25, 0.3) is 0 Å². The number of hydrogen-bond acceptors (Lipinski definition) is 5. The summed E-state index contributed by atoms with van der Waals surface area (Å²) in [6, 6.07) is 15.2. The van der Waals surface area contributed by atoms with E-state index in [2.05, 4.69) is 22.0 Å². The highest BCUT2D eigenvalue weighted by Crippen LogP contribution is 2.41. The molecule has 6 nitrogen and oxygen atoms in total. The number of nitrogens with one attached hydrogen (secondary N) is 1. The van der Waals surface area contributed by atoms with Crippen molar-refractivity contribution < 1.29 is 23.5 Å². The number of pyridine rings is 1. The monoisotopic (exact) mass is 497 g/mol. The lowest BCUT2D eigenvalue weighted by molar-refractivity contribution is -0.143. The molecule has 1 amide bonds. The Morgan fingerprint density at radius 3 is 2.67 bits per heavy atom. The van der Waals surface area contributed by atoms with Crippen molar-refractivity contribution in [2.24, 2.45) is 5.41 Å². The van der Waals surface area contributed by atoms with E-state index < -0.39 is 23.3 Å². The van der Waals surface area contributed by atoms with Gasteiger partial charge in [-0.25, -0.2) is 14.3 Å². The molecule has 0 saturated carbocycles. The molecule has 3 aromatic rings. The van der Waals surface area contributed by atoms with Gasteiger partial charge >= 0.3 is 0 Å². The van der Waals surface area contributed by atoms with Crippen LogP contribution in [-0.2, 0) is 11.2 Å². The van der Waals surface area contributed by atoms with Crippen molar-refractivity contribution in [2.75, 3.05) is 26.7 Å². The van der Waals surface area contributed by atoms with Crippen molar-refractivity contribution in [1.82, 2.24) is 15.4 Å².